The van der Waals surface area contributed by atoms with E-state index in [-0.39, 0.29) is 11.8 Å². The number of piperazine rings is 1. The normalized spacial score (nSPS) is 23.2. The lowest BCUT2D eigenvalue weighted by molar-refractivity contribution is -0.138. The molecule has 2 aliphatic rings. The van der Waals surface area contributed by atoms with Crippen molar-refractivity contribution in [2.24, 2.45) is 5.92 Å². The minimum atomic E-state index is -3.53. The number of rotatable bonds is 4. The van der Waals surface area contributed by atoms with Crippen molar-refractivity contribution in [2.45, 2.75) is 31.6 Å². The van der Waals surface area contributed by atoms with E-state index in [9.17, 15) is 13.2 Å². The third kappa shape index (κ3) is 4.10. The largest absolute Gasteiger partial charge is 0.340 e. The van der Waals surface area contributed by atoms with Gasteiger partial charge in [0.25, 0.3) is 0 Å². The lowest BCUT2D eigenvalue weighted by atomic mass is 9.98. The van der Waals surface area contributed by atoms with Gasteiger partial charge in [-0.25, -0.2) is 8.42 Å². The van der Waals surface area contributed by atoms with Crippen LogP contribution in [0.25, 0.3) is 0 Å². The van der Waals surface area contributed by atoms with E-state index >= 15 is 0 Å². The van der Waals surface area contributed by atoms with Crippen molar-refractivity contribution >= 4 is 15.9 Å². The van der Waals surface area contributed by atoms with Crippen molar-refractivity contribution in [1.82, 2.24) is 14.1 Å². The first-order valence-corrected chi connectivity index (χ1v) is 10.9. The van der Waals surface area contributed by atoms with Gasteiger partial charge in [0.15, 0.2) is 0 Å². The Hall–Kier alpha value is -1.44. The Bertz CT molecular complexity index is 725. The summed E-state index contributed by atoms with van der Waals surface area (Å²) in [5.74, 6) is -0.110. The molecule has 0 spiro atoms. The number of aryl methyl sites for hydroxylation is 1. The molecule has 0 saturated carbocycles. The minimum absolute atomic E-state index is 0.115. The van der Waals surface area contributed by atoms with Crippen LogP contribution in [-0.4, -0.2) is 74.2 Å². The van der Waals surface area contributed by atoms with Crippen LogP contribution in [0.3, 0.4) is 0 Å². The topological polar surface area (TPSA) is 60.9 Å². The van der Waals surface area contributed by atoms with Gasteiger partial charge in [-0.3, -0.25) is 4.79 Å². The molecule has 1 amide bonds. The first-order valence-electron chi connectivity index (χ1n) is 9.50. The van der Waals surface area contributed by atoms with Crippen molar-refractivity contribution in [3.05, 3.63) is 29.8 Å². The molecule has 0 bridgehead atoms. The van der Waals surface area contributed by atoms with Gasteiger partial charge >= 0.3 is 0 Å². The zero-order valence-corrected chi connectivity index (χ0v) is 16.5. The van der Waals surface area contributed by atoms with Crippen molar-refractivity contribution in [3.63, 3.8) is 0 Å². The average molecular weight is 380 g/mol. The molecular weight excluding hydrogens is 350 g/mol. The molecule has 0 radical (unpaired) electrons. The van der Waals surface area contributed by atoms with Crippen molar-refractivity contribution in [3.8, 4) is 0 Å². The molecular formula is C19H29N3O3S. The maximum absolute atomic E-state index is 12.9. The zero-order chi connectivity index (χ0) is 18.7. The molecule has 0 aromatic heterocycles. The van der Waals surface area contributed by atoms with E-state index in [1.807, 2.05) is 24.0 Å². The summed E-state index contributed by atoms with van der Waals surface area (Å²) < 4.78 is 27.3. The number of sulfonamides is 1. The highest BCUT2D eigenvalue weighted by molar-refractivity contribution is 7.89. The third-order valence-electron chi connectivity index (χ3n) is 5.52. The number of benzene rings is 1. The molecule has 1 atom stereocenters. The van der Waals surface area contributed by atoms with Crippen LogP contribution in [0.1, 0.15) is 25.3 Å². The van der Waals surface area contributed by atoms with Crippen molar-refractivity contribution < 1.29 is 13.2 Å². The summed E-state index contributed by atoms with van der Waals surface area (Å²) in [7, 11) is -3.53. The summed E-state index contributed by atoms with van der Waals surface area (Å²) in [6.45, 7) is 9.15. The van der Waals surface area contributed by atoms with Gasteiger partial charge in [-0.1, -0.05) is 24.6 Å². The number of carbonyl (C=O) groups excluding carboxylic acids is 1. The number of nitrogens with zero attached hydrogens (tertiary/aromatic N) is 3. The molecule has 1 aromatic carbocycles. The van der Waals surface area contributed by atoms with Crippen molar-refractivity contribution in [2.75, 3.05) is 45.8 Å². The molecule has 1 aromatic rings. The summed E-state index contributed by atoms with van der Waals surface area (Å²) >= 11 is 0. The molecule has 3 rings (SSSR count). The minimum Gasteiger partial charge on any atom is -0.340 e. The molecule has 26 heavy (non-hydrogen) atoms. The highest BCUT2D eigenvalue weighted by Gasteiger charge is 2.35. The Morgan fingerprint density at radius 1 is 1.08 bits per heavy atom. The van der Waals surface area contributed by atoms with Crippen LogP contribution in [-0.2, 0) is 14.8 Å². The maximum Gasteiger partial charge on any atom is 0.243 e. The van der Waals surface area contributed by atoms with Gasteiger partial charge in [0, 0.05) is 39.3 Å². The molecule has 2 aliphatic heterocycles. The lowest BCUT2D eigenvalue weighted by Gasteiger charge is -2.38. The predicted molar refractivity (Wildman–Crippen MR) is 101 cm³/mol. The number of amides is 1. The van der Waals surface area contributed by atoms with E-state index in [2.05, 4.69) is 11.8 Å². The average Bonchev–Trinajstić information content (AvgIpc) is 2.68. The summed E-state index contributed by atoms with van der Waals surface area (Å²) in [4.78, 5) is 17.4. The van der Waals surface area contributed by atoms with Gasteiger partial charge < -0.3 is 9.80 Å². The van der Waals surface area contributed by atoms with Crippen LogP contribution in [0.2, 0.25) is 0 Å². The third-order valence-corrected chi connectivity index (χ3v) is 7.40. The van der Waals surface area contributed by atoms with E-state index in [1.165, 1.54) is 4.31 Å². The second kappa shape index (κ2) is 8.06. The van der Waals surface area contributed by atoms with Crippen LogP contribution in [0.5, 0.6) is 0 Å². The predicted octanol–water partition coefficient (Wildman–Crippen LogP) is 1.56. The summed E-state index contributed by atoms with van der Waals surface area (Å²) in [5, 5.41) is 0. The smallest absolute Gasteiger partial charge is 0.243 e. The molecule has 2 heterocycles. The first-order chi connectivity index (χ1) is 12.4. The van der Waals surface area contributed by atoms with Gasteiger partial charge in [0.2, 0.25) is 15.9 Å². The molecule has 0 aliphatic carbocycles. The summed E-state index contributed by atoms with van der Waals surface area (Å²) in [6.07, 6.45) is 1.50. The lowest BCUT2D eigenvalue weighted by Crippen LogP contribution is -2.52. The first kappa shape index (κ1) is 19.3. The Morgan fingerprint density at radius 2 is 1.73 bits per heavy atom. The van der Waals surface area contributed by atoms with E-state index < -0.39 is 10.0 Å². The number of carbonyl (C=O) groups is 1. The highest BCUT2D eigenvalue weighted by Crippen LogP contribution is 2.25. The fourth-order valence-electron chi connectivity index (χ4n) is 3.76. The second-order valence-electron chi connectivity index (χ2n) is 7.27. The van der Waals surface area contributed by atoms with Gasteiger partial charge in [-0.15, -0.1) is 0 Å². The molecule has 144 valence electrons. The number of hydrogen-bond donors (Lipinski definition) is 0. The summed E-state index contributed by atoms with van der Waals surface area (Å²) in [5.41, 5.74) is 1.03. The molecule has 0 N–H and O–H groups in total. The number of likely N-dealkylation sites (N-methyl/N-ethyl adjacent to an activating group) is 1. The molecule has 2 saturated heterocycles. The van der Waals surface area contributed by atoms with Gasteiger partial charge in [-0.05, 0) is 38.4 Å². The zero-order valence-electron chi connectivity index (χ0n) is 15.7. The van der Waals surface area contributed by atoms with E-state index in [4.69, 9.17) is 0 Å². The van der Waals surface area contributed by atoms with Crippen molar-refractivity contribution in [1.29, 1.82) is 0 Å². The Kier molecular flexibility index (Phi) is 5.99. The standard InChI is InChI=1S/C19H29N3O3S/c1-3-20-11-13-21(14-12-20)19(23)17-5-4-10-22(15-17)26(24,25)18-8-6-16(2)7-9-18/h6-9,17H,3-5,10-15H2,1-2H3/t17-/m0/s1. The second-order valence-corrected chi connectivity index (χ2v) is 9.21. The highest BCUT2D eigenvalue weighted by atomic mass is 32.2. The van der Waals surface area contributed by atoms with E-state index in [0.29, 0.717) is 18.0 Å². The fourth-order valence-corrected chi connectivity index (χ4v) is 5.29. The Balaban J connectivity index is 1.67. The SMILES string of the molecule is CCN1CCN(C(=O)[C@H]2CCCN(S(=O)(=O)c3ccc(C)cc3)C2)CC1. The van der Waals surface area contributed by atoms with Gasteiger partial charge in [-0.2, -0.15) is 4.31 Å². The fraction of sp³-hybridized carbons (Fsp3) is 0.632. The van der Waals surface area contributed by atoms with Crippen LogP contribution in [0, 0.1) is 12.8 Å². The van der Waals surface area contributed by atoms with Crippen LogP contribution < -0.4 is 0 Å². The number of piperidine rings is 1. The van der Waals surface area contributed by atoms with Gasteiger partial charge in [0.05, 0.1) is 10.8 Å². The molecule has 2 fully saturated rings. The monoisotopic (exact) mass is 379 g/mol. The number of hydrogen-bond acceptors (Lipinski definition) is 4. The summed E-state index contributed by atoms with van der Waals surface area (Å²) in [6, 6.07) is 6.93. The molecule has 6 nitrogen and oxygen atoms in total. The maximum atomic E-state index is 12.9. The molecule has 7 heteroatoms. The van der Waals surface area contributed by atoms with Gasteiger partial charge in [0.1, 0.15) is 0 Å². The van der Waals surface area contributed by atoms with Crippen LogP contribution >= 0.6 is 0 Å². The van der Waals surface area contributed by atoms with Crippen LogP contribution in [0.15, 0.2) is 29.2 Å². The van der Waals surface area contributed by atoms with E-state index in [1.54, 1.807) is 12.1 Å². The van der Waals surface area contributed by atoms with Crippen LogP contribution in [0.4, 0.5) is 0 Å². The quantitative estimate of drug-likeness (QED) is 0.797. The molecule has 0 unspecified atom stereocenters. The Morgan fingerprint density at radius 3 is 2.35 bits per heavy atom. The van der Waals surface area contributed by atoms with E-state index in [0.717, 1.165) is 51.1 Å². The Labute approximate surface area is 156 Å².